The highest BCUT2D eigenvalue weighted by molar-refractivity contribution is 5.44. The summed E-state index contributed by atoms with van der Waals surface area (Å²) >= 11 is 0. The highest BCUT2D eigenvalue weighted by atomic mass is 16.3. The molecule has 1 aliphatic heterocycles. The summed E-state index contributed by atoms with van der Waals surface area (Å²) in [5.41, 5.74) is 0.837. The highest BCUT2D eigenvalue weighted by Gasteiger charge is 2.13. The molecular weight excluding hydrogens is 228 g/mol. The van der Waals surface area contributed by atoms with Crippen molar-refractivity contribution >= 4 is 0 Å². The molecular formula is C14H22N2O2. The van der Waals surface area contributed by atoms with Crippen molar-refractivity contribution in [1.29, 1.82) is 0 Å². The SMILES string of the molecule is CN1CCN(CCCc2cccc(O)c2O)CC1. The van der Waals surface area contributed by atoms with Gasteiger partial charge in [0.25, 0.3) is 0 Å². The second-order valence-corrected chi connectivity index (χ2v) is 5.03. The standard InChI is InChI=1S/C14H22N2O2/c1-15-8-10-16(11-9-15)7-3-5-12-4-2-6-13(17)14(12)18/h2,4,6,17-18H,3,5,7-11H2,1H3. The van der Waals surface area contributed by atoms with E-state index < -0.39 is 0 Å². The fourth-order valence-electron chi connectivity index (χ4n) is 2.34. The Morgan fingerprint density at radius 2 is 1.83 bits per heavy atom. The topological polar surface area (TPSA) is 46.9 Å². The number of para-hydroxylation sites is 1. The van der Waals surface area contributed by atoms with Gasteiger partial charge in [0.05, 0.1) is 0 Å². The smallest absolute Gasteiger partial charge is 0.160 e. The van der Waals surface area contributed by atoms with Crippen LogP contribution in [0.5, 0.6) is 11.5 Å². The summed E-state index contributed by atoms with van der Waals surface area (Å²) in [5.74, 6) is 0.0166. The van der Waals surface area contributed by atoms with Gasteiger partial charge in [0.2, 0.25) is 0 Å². The van der Waals surface area contributed by atoms with Crippen molar-refractivity contribution in [2.45, 2.75) is 12.8 Å². The van der Waals surface area contributed by atoms with Crippen LogP contribution in [0.15, 0.2) is 18.2 Å². The van der Waals surface area contributed by atoms with Crippen LogP contribution in [0.2, 0.25) is 0 Å². The Balaban J connectivity index is 1.77. The number of piperazine rings is 1. The quantitative estimate of drug-likeness (QED) is 0.790. The number of benzene rings is 1. The minimum absolute atomic E-state index is 0.0212. The zero-order chi connectivity index (χ0) is 13.0. The van der Waals surface area contributed by atoms with Crippen LogP contribution in [0.4, 0.5) is 0 Å². The van der Waals surface area contributed by atoms with Gasteiger partial charge in [-0.2, -0.15) is 0 Å². The fourth-order valence-corrected chi connectivity index (χ4v) is 2.34. The molecule has 2 N–H and O–H groups in total. The molecule has 1 aliphatic rings. The monoisotopic (exact) mass is 250 g/mol. The van der Waals surface area contributed by atoms with Crippen molar-refractivity contribution < 1.29 is 10.2 Å². The Labute approximate surface area is 108 Å². The average molecular weight is 250 g/mol. The Morgan fingerprint density at radius 3 is 2.56 bits per heavy atom. The Hall–Kier alpha value is -1.26. The van der Waals surface area contributed by atoms with Gasteiger partial charge in [-0.25, -0.2) is 0 Å². The molecule has 1 fully saturated rings. The van der Waals surface area contributed by atoms with E-state index in [0.717, 1.165) is 51.1 Å². The molecule has 0 unspecified atom stereocenters. The van der Waals surface area contributed by atoms with E-state index in [1.165, 1.54) is 6.07 Å². The first kappa shape index (κ1) is 13.2. The zero-order valence-corrected chi connectivity index (χ0v) is 11.0. The Morgan fingerprint density at radius 1 is 1.11 bits per heavy atom. The van der Waals surface area contributed by atoms with Crippen molar-refractivity contribution in [1.82, 2.24) is 9.80 Å². The van der Waals surface area contributed by atoms with Crippen LogP contribution < -0.4 is 0 Å². The third kappa shape index (κ3) is 3.37. The lowest BCUT2D eigenvalue weighted by Gasteiger charge is -2.32. The van der Waals surface area contributed by atoms with Gasteiger partial charge in [-0.1, -0.05) is 12.1 Å². The minimum atomic E-state index is -0.0212. The van der Waals surface area contributed by atoms with Crippen LogP contribution in [-0.2, 0) is 6.42 Å². The number of phenolic OH excluding ortho intramolecular Hbond substituents is 2. The van der Waals surface area contributed by atoms with Crippen LogP contribution >= 0.6 is 0 Å². The van der Waals surface area contributed by atoms with E-state index in [1.807, 2.05) is 6.07 Å². The van der Waals surface area contributed by atoms with Gasteiger partial charge in [0, 0.05) is 26.2 Å². The van der Waals surface area contributed by atoms with Gasteiger partial charge < -0.3 is 20.0 Å². The summed E-state index contributed by atoms with van der Waals surface area (Å²) in [5, 5.41) is 19.1. The molecule has 1 saturated heterocycles. The van der Waals surface area contributed by atoms with Crippen LogP contribution in [0.25, 0.3) is 0 Å². The van der Waals surface area contributed by atoms with Gasteiger partial charge in [-0.3, -0.25) is 0 Å². The lowest BCUT2D eigenvalue weighted by atomic mass is 10.1. The molecule has 100 valence electrons. The number of aromatic hydroxyl groups is 2. The second-order valence-electron chi connectivity index (χ2n) is 5.03. The molecule has 4 nitrogen and oxygen atoms in total. The maximum absolute atomic E-state index is 9.70. The molecule has 0 amide bonds. The number of hydrogen-bond donors (Lipinski definition) is 2. The number of aryl methyl sites for hydroxylation is 1. The number of phenols is 2. The van der Waals surface area contributed by atoms with Crippen molar-refractivity contribution in [2.75, 3.05) is 39.8 Å². The van der Waals surface area contributed by atoms with E-state index in [9.17, 15) is 10.2 Å². The summed E-state index contributed by atoms with van der Waals surface area (Å²) in [6.07, 6.45) is 1.83. The first-order valence-electron chi connectivity index (χ1n) is 6.57. The van der Waals surface area contributed by atoms with Crippen LogP contribution in [-0.4, -0.2) is 59.8 Å². The first-order valence-corrected chi connectivity index (χ1v) is 6.57. The molecule has 1 heterocycles. The van der Waals surface area contributed by atoms with E-state index in [2.05, 4.69) is 16.8 Å². The molecule has 0 saturated carbocycles. The molecule has 4 heteroatoms. The fraction of sp³-hybridized carbons (Fsp3) is 0.571. The molecule has 1 aromatic carbocycles. The number of rotatable bonds is 4. The van der Waals surface area contributed by atoms with Crippen molar-refractivity contribution in [3.8, 4) is 11.5 Å². The molecule has 0 spiro atoms. The molecule has 2 rings (SSSR count). The van der Waals surface area contributed by atoms with E-state index in [1.54, 1.807) is 6.07 Å². The van der Waals surface area contributed by atoms with Crippen LogP contribution in [0.1, 0.15) is 12.0 Å². The Bertz CT molecular complexity index is 387. The maximum Gasteiger partial charge on any atom is 0.160 e. The van der Waals surface area contributed by atoms with Gasteiger partial charge in [-0.15, -0.1) is 0 Å². The molecule has 0 aromatic heterocycles. The summed E-state index contributed by atoms with van der Waals surface area (Å²) in [7, 11) is 2.15. The predicted octanol–water partition coefficient (Wildman–Crippen LogP) is 1.28. The maximum atomic E-state index is 9.70. The van der Waals surface area contributed by atoms with Crippen molar-refractivity contribution in [2.24, 2.45) is 0 Å². The largest absolute Gasteiger partial charge is 0.504 e. The molecule has 0 aliphatic carbocycles. The van der Waals surface area contributed by atoms with Crippen molar-refractivity contribution in [3.05, 3.63) is 23.8 Å². The Kier molecular flexibility index (Phi) is 4.44. The van der Waals surface area contributed by atoms with Gasteiger partial charge in [0.15, 0.2) is 11.5 Å². The normalized spacial score (nSPS) is 18.1. The second kappa shape index (κ2) is 6.07. The first-order chi connectivity index (χ1) is 8.66. The van der Waals surface area contributed by atoms with E-state index in [4.69, 9.17) is 0 Å². The molecule has 0 radical (unpaired) electrons. The predicted molar refractivity (Wildman–Crippen MR) is 72.0 cm³/mol. The minimum Gasteiger partial charge on any atom is -0.504 e. The van der Waals surface area contributed by atoms with Gasteiger partial charge in [0.1, 0.15) is 0 Å². The summed E-state index contributed by atoms with van der Waals surface area (Å²) in [6.45, 7) is 5.59. The van der Waals surface area contributed by atoms with E-state index in [-0.39, 0.29) is 11.5 Å². The number of likely N-dealkylation sites (N-methyl/N-ethyl adjacent to an activating group) is 1. The summed E-state index contributed by atoms with van der Waals surface area (Å²) in [6, 6.07) is 5.17. The third-order valence-corrected chi connectivity index (χ3v) is 3.61. The number of hydrogen-bond acceptors (Lipinski definition) is 4. The average Bonchev–Trinajstić information content (AvgIpc) is 2.37. The van der Waals surface area contributed by atoms with Crippen molar-refractivity contribution in [3.63, 3.8) is 0 Å². The summed E-state index contributed by atoms with van der Waals surface area (Å²) in [4.78, 5) is 4.80. The third-order valence-electron chi connectivity index (χ3n) is 3.61. The van der Waals surface area contributed by atoms with Crippen LogP contribution in [0.3, 0.4) is 0 Å². The van der Waals surface area contributed by atoms with E-state index in [0.29, 0.717) is 0 Å². The molecule has 0 bridgehead atoms. The number of nitrogens with zero attached hydrogens (tertiary/aromatic N) is 2. The molecule has 0 atom stereocenters. The van der Waals surface area contributed by atoms with Gasteiger partial charge in [-0.05, 0) is 38.1 Å². The lowest BCUT2D eigenvalue weighted by molar-refractivity contribution is 0.153. The highest BCUT2D eigenvalue weighted by Crippen LogP contribution is 2.28. The van der Waals surface area contributed by atoms with E-state index >= 15 is 0 Å². The zero-order valence-electron chi connectivity index (χ0n) is 11.0. The molecule has 18 heavy (non-hydrogen) atoms. The molecule has 1 aromatic rings. The van der Waals surface area contributed by atoms with Gasteiger partial charge >= 0.3 is 0 Å². The van der Waals surface area contributed by atoms with Crippen LogP contribution in [0, 0.1) is 0 Å². The lowest BCUT2D eigenvalue weighted by Crippen LogP contribution is -2.44. The summed E-state index contributed by atoms with van der Waals surface area (Å²) < 4.78 is 0.